The largest absolute Gasteiger partial charge is 0.350 e. The van der Waals surface area contributed by atoms with Gasteiger partial charge in [-0.1, -0.05) is 12.1 Å². The fourth-order valence-electron chi connectivity index (χ4n) is 2.38. The molecule has 0 heterocycles. The Morgan fingerprint density at radius 3 is 2.74 bits per heavy atom. The highest BCUT2D eigenvalue weighted by molar-refractivity contribution is 5.77. The summed E-state index contributed by atoms with van der Waals surface area (Å²) in [6.07, 6.45) is 3.27. The molecule has 3 N–H and O–H groups in total. The number of rotatable bonds is 4. The van der Waals surface area contributed by atoms with E-state index in [1.54, 1.807) is 13.0 Å². The molecular weight excluding hydrogens is 243 g/mol. The molecule has 1 atom stereocenters. The first kappa shape index (κ1) is 14.0. The zero-order chi connectivity index (χ0) is 14.0. The molecule has 1 amide bonds. The van der Waals surface area contributed by atoms with Crippen molar-refractivity contribution in [2.24, 2.45) is 5.73 Å². The second kappa shape index (κ2) is 5.29. The Balaban J connectivity index is 1.94. The van der Waals surface area contributed by atoms with E-state index < -0.39 is 0 Å². The molecule has 19 heavy (non-hydrogen) atoms. The first-order valence-electron chi connectivity index (χ1n) is 6.74. The molecule has 0 bridgehead atoms. The zero-order valence-electron chi connectivity index (χ0n) is 11.5. The Morgan fingerprint density at radius 1 is 1.53 bits per heavy atom. The van der Waals surface area contributed by atoms with E-state index in [0.717, 1.165) is 24.8 Å². The number of nitrogens with one attached hydrogen (secondary N) is 1. The highest BCUT2D eigenvalue weighted by atomic mass is 19.1. The molecular formula is C15H21FN2O. The van der Waals surface area contributed by atoms with Gasteiger partial charge >= 0.3 is 0 Å². The van der Waals surface area contributed by atoms with Crippen LogP contribution in [0.1, 0.15) is 49.8 Å². The highest BCUT2D eigenvalue weighted by Crippen LogP contribution is 2.32. The van der Waals surface area contributed by atoms with Crippen molar-refractivity contribution in [3.05, 3.63) is 35.1 Å². The van der Waals surface area contributed by atoms with E-state index in [2.05, 4.69) is 5.32 Å². The van der Waals surface area contributed by atoms with Gasteiger partial charge in [0.1, 0.15) is 5.82 Å². The van der Waals surface area contributed by atoms with Gasteiger partial charge in [0.25, 0.3) is 0 Å². The summed E-state index contributed by atoms with van der Waals surface area (Å²) in [7, 11) is 0. The van der Waals surface area contributed by atoms with E-state index in [-0.39, 0.29) is 23.3 Å². The summed E-state index contributed by atoms with van der Waals surface area (Å²) in [5.74, 6) is -0.302. The van der Waals surface area contributed by atoms with Gasteiger partial charge in [0.2, 0.25) is 5.91 Å². The average Bonchev–Trinajstić information content (AvgIpc) is 2.30. The van der Waals surface area contributed by atoms with Crippen molar-refractivity contribution in [2.75, 3.05) is 0 Å². The van der Waals surface area contributed by atoms with E-state index in [9.17, 15) is 9.18 Å². The molecule has 0 aliphatic heterocycles. The number of hydrogen-bond donors (Lipinski definition) is 2. The van der Waals surface area contributed by atoms with E-state index in [1.165, 1.54) is 6.07 Å². The van der Waals surface area contributed by atoms with Crippen LogP contribution in [0.25, 0.3) is 0 Å². The van der Waals surface area contributed by atoms with E-state index in [1.807, 2.05) is 13.0 Å². The van der Waals surface area contributed by atoms with Crippen LogP contribution in [0.5, 0.6) is 0 Å². The first-order chi connectivity index (χ1) is 8.89. The summed E-state index contributed by atoms with van der Waals surface area (Å²) < 4.78 is 13.5. The van der Waals surface area contributed by atoms with E-state index in [4.69, 9.17) is 5.73 Å². The van der Waals surface area contributed by atoms with Crippen molar-refractivity contribution in [3.63, 3.8) is 0 Å². The molecule has 1 aromatic rings. The monoisotopic (exact) mass is 264 g/mol. The van der Waals surface area contributed by atoms with Gasteiger partial charge in [0.15, 0.2) is 0 Å². The van der Waals surface area contributed by atoms with Crippen LogP contribution in [-0.4, -0.2) is 11.4 Å². The van der Waals surface area contributed by atoms with Gasteiger partial charge in [-0.25, -0.2) is 4.39 Å². The molecule has 1 aliphatic rings. The number of benzene rings is 1. The lowest BCUT2D eigenvalue weighted by Gasteiger charge is -2.37. The predicted molar refractivity (Wildman–Crippen MR) is 73.1 cm³/mol. The Bertz CT molecular complexity index is 483. The maximum Gasteiger partial charge on any atom is 0.222 e. The lowest BCUT2D eigenvalue weighted by Crippen LogP contribution is -2.50. The van der Waals surface area contributed by atoms with E-state index >= 15 is 0 Å². The molecule has 1 fully saturated rings. The normalized spacial score (nSPS) is 18.5. The maximum atomic E-state index is 13.5. The lowest BCUT2D eigenvalue weighted by molar-refractivity contribution is -0.123. The molecule has 4 heteroatoms. The van der Waals surface area contributed by atoms with Gasteiger partial charge in [0.05, 0.1) is 6.04 Å². The van der Waals surface area contributed by atoms with Crippen LogP contribution in [0.3, 0.4) is 0 Å². The number of aryl methyl sites for hydroxylation is 1. The highest BCUT2D eigenvalue weighted by Gasteiger charge is 2.34. The van der Waals surface area contributed by atoms with Crippen molar-refractivity contribution in [1.29, 1.82) is 0 Å². The third-order valence-electron chi connectivity index (χ3n) is 3.94. The van der Waals surface area contributed by atoms with Gasteiger partial charge in [-0.15, -0.1) is 0 Å². The lowest BCUT2D eigenvalue weighted by atomic mass is 9.75. The minimum atomic E-state index is -0.317. The summed E-state index contributed by atoms with van der Waals surface area (Å²) in [5.41, 5.74) is 7.11. The Labute approximate surface area is 113 Å². The third kappa shape index (κ3) is 3.32. The molecule has 1 saturated carbocycles. The van der Waals surface area contributed by atoms with Gasteiger partial charge in [-0.2, -0.15) is 0 Å². The van der Waals surface area contributed by atoms with Crippen LogP contribution >= 0.6 is 0 Å². The topological polar surface area (TPSA) is 55.1 Å². The first-order valence-corrected chi connectivity index (χ1v) is 6.74. The Hall–Kier alpha value is -1.42. The molecule has 3 nitrogen and oxygen atoms in total. The summed E-state index contributed by atoms with van der Waals surface area (Å²) in [6, 6.07) is 4.84. The van der Waals surface area contributed by atoms with Crippen LogP contribution in [0.15, 0.2) is 18.2 Å². The van der Waals surface area contributed by atoms with Crippen LogP contribution in [0, 0.1) is 12.7 Å². The molecule has 104 valence electrons. The standard InChI is InChI=1S/C15H21FN2O/c1-10-4-5-12(8-13(10)16)11(2)18-14(19)9-15(17)6-3-7-15/h4-5,8,11H,3,6-7,9,17H2,1-2H3,(H,18,19). The van der Waals surface area contributed by atoms with Crippen molar-refractivity contribution >= 4 is 5.91 Å². The van der Waals surface area contributed by atoms with E-state index in [0.29, 0.717) is 12.0 Å². The van der Waals surface area contributed by atoms with Gasteiger partial charge in [-0.05, 0) is 50.3 Å². The maximum absolute atomic E-state index is 13.5. The summed E-state index contributed by atoms with van der Waals surface area (Å²) in [4.78, 5) is 11.9. The molecule has 0 saturated heterocycles. The fraction of sp³-hybridized carbons (Fsp3) is 0.533. The molecule has 2 rings (SSSR count). The molecule has 1 unspecified atom stereocenters. The number of amides is 1. The van der Waals surface area contributed by atoms with Crippen LogP contribution in [-0.2, 0) is 4.79 Å². The smallest absolute Gasteiger partial charge is 0.222 e. The minimum absolute atomic E-state index is 0.0596. The third-order valence-corrected chi connectivity index (χ3v) is 3.94. The number of halogens is 1. The number of hydrogen-bond acceptors (Lipinski definition) is 2. The number of carbonyl (C=O) groups is 1. The predicted octanol–water partition coefficient (Wildman–Crippen LogP) is 2.58. The SMILES string of the molecule is Cc1ccc(C(C)NC(=O)CC2(N)CCC2)cc1F. The van der Waals surface area contributed by atoms with Crippen molar-refractivity contribution in [3.8, 4) is 0 Å². The van der Waals surface area contributed by atoms with Gasteiger partial charge in [0, 0.05) is 12.0 Å². The molecule has 0 aromatic heterocycles. The quantitative estimate of drug-likeness (QED) is 0.878. The second-order valence-electron chi connectivity index (χ2n) is 5.69. The number of carbonyl (C=O) groups excluding carboxylic acids is 1. The summed E-state index contributed by atoms with van der Waals surface area (Å²) in [5, 5.41) is 2.88. The summed E-state index contributed by atoms with van der Waals surface area (Å²) >= 11 is 0. The van der Waals surface area contributed by atoms with Crippen LogP contribution in [0.4, 0.5) is 4.39 Å². The molecule has 1 aliphatic carbocycles. The second-order valence-corrected chi connectivity index (χ2v) is 5.69. The molecule has 0 spiro atoms. The molecule has 1 aromatic carbocycles. The van der Waals surface area contributed by atoms with Crippen LogP contribution < -0.4 is 11.1 Å². The van der Waals surface area contributed by atoms with Gasteiger partial charge in [-0.3, -0.25) is 4.79 Å². The Morgan fingerprint density at radius 2 is 2.21 bits per heavy atom. The van der Waals surface area contributed by atoms with Crippen molar-refractivity contribution in [2.45, 2.75) is 51.1 Å². The zero-order valence-corrected chi connectivity index (χ0v) is 11.5. The average molecular weight is 264 g/mol. The fourth-order valence-corrected chi connectivity index (χ4v) is 2.38. The van der Waals surface area contributed by atoms with Gasteiger partial charge < -0.3 is 11.1 Å². The Kier molecular flexibility index (Phi) is 3.90. The number of nitrogens with two attached hydrogens (primary N) is 1. The molecule has 0 radical (unpaired) electrons. The minimum Gasteiger partial charge on any atom is -0.350 e. The van der Waals surface area contributed by atoms with Crippen molar-refractivity contribution in [1.82, 2.24) is 5.32 Å². The summed E-state index contributed by atoms with van der Waals surface area (Å²) in [6.45, 7) is 3.57. The van der Waals surface area contributed by atoms with Crippen LogP contribution in [0.2, 0.25) is 0 Å². The van der Waals surface area contributed by atoms with Crippen molar-refractivity contribution < 1.29 is 9.18 Å².